The van der Waals surface area contributed by atoms with Crippen LogP contribution >= 0.6 is 0 Å². The number of hydrogen-bond donors (Lipinski definition) is 0. The third kappa shape index (κ3) is 5.25. The smallest absolute Gasteiger partial charge is 0.310 e. The molecule has 10 heteroatoms. The van der Waals surface area contributed by atoms with Gasteiger partial charge in [-0.2, -0.15) is 0 Å². The molecule has 1 saturated heterocycles. The van der Waals surface area contributed by atoms with Crippen LogP contribution in [0.3, 0.4) is 0 Å². The predicted octanol–water partition coefficient (Wildman–Crippen LogP) is 3.92. The molecule has 3 fully saturated rings. The summed E-state index contributed by atoms with van der Waals surface area (Å²) in [6.45, 7) is 13.1. The Morgan fingerprint density at radius 1 is 0.864 bits per heavy atom. The summed E-state index contributed by atoms with van der Waals surface area (Å²) in [6, 6.07) is 9.20. The highest BCUT2D eigenvalue weighted by atomic mass is 16.7. The highest BCUT2D eigenvalue weighted by molar-refractivity contribution is 5.96. The molecule has 0 spiro atoms. The first kappa shape index (κ1) is 31.9. The van der Waals surface area contributed by atoms with E-state index in [1.54, 1.807) is 19.9 Å². The number of ketones is 1. The molecule has 2 saturated carbocycles. The second-order valence-corrected chi connectivity index (χ2v) is 13.6. The maximum absolute atomic E-state index is 14.5. The normalized spacial score (nSPS) is 39.5. The molecule has 4 aliphatic rings. The van der Waals surface area contributed by atoms with E-state index in [2.05, 4.69) is 0 Å². The largest absolute Gasteiger partial charge is 0.461 e. The minimum Gasteiger partial charge on any atom is -0.461 e. The average molecular weight is 611 g/mol. The summed E-state index contributed by atoms with van der Waals surface area (Å²) in [4.78, 5) is 65.0. The molecule has 10 nitrogen and oxygen atoms in total. The fraction of sp³-hybridized carbons (Fsp3) is 0.618. The number of rotatable bonds is 6. The minimum atomic E-state index is -1.35. The van der Waals surface area contributed by atoms with Gasteiger partial charge in [0.15, 0.2) is 23.1 Å². The van der Waals surface area contributed by atoms with Crippen molar-refractivity contribution in [3.63, 3.8) is 0 Å². The van der Waals surface area contributed by atoms with E-state index in [1.165, 1.54) is 20.8 Å². The van der Waals surface area contributed by atoms with Crippen molar-refractivity contribution >= 4 is 29.7 Å². The molecule has 0 N–H and O–H groups in total. The molecule has 0 radical (unpaired) electrons. The van der Waals surface area contributed by atoms with E-state index in [9.17, 15) is 24.0 Å². The zero-order chi connectivity index (χ0) is 32.4. The summed E-state index contributed by atoms with van der Waals surface area (Å²) in [7, 11) is 0. The molecule has 5 rings (SSSR count). The summed E-state index contributed by atoms with van der Waals surface area (Å²) in [6.07, 6.45) is -1.61. The molecule has 0 bridgehead atoms. The summed E-state index contributed by atoms with van der Waals surface area (Å²) >= 11 is 0. The molecule has 1 heterocycles. The summed E-state index contributed by atoms with van der Waals surface area (Å²) in [5.74, 6) is -4.27. The Kier molecular flexibility index (Phi) is 8.06. The predicted molar refractivity (Wildman–Crippen MR) is 156 cm³/mol. The van der Waals surface area contributed by atoms with Gasteiger partial charge in [-0.05, 0) is 41.9 Å². The topological polar surface area (TPSA) is 135 Å². The molecular formula is C34H42O10. The van der Waals surface area contributed by atoms with Gasteiger partial charge in [0.2, 0.25) is 0 Å². The van der Waals surface area contributed by atoms with Crippen LogP contribution in [-0.2, 0) is 54.1 Å². The number of fused-ring (bicyclic) bond motifs is 1. The van der Waals surface area contributed by atoms with Gasteiger partial charge in [-0.15, -0.1) is 0 Å². The lowest BCUT2D eigenvalue weighted by atomic mass is 9.80. The Hall–Kier alpha value is -3.53. The van der Waals surface area contributed by atoms with E-state index in [0.29, 0.717) is 5.57 Å². The van der Waals surface area contributed by atoms with Gasteiger partial charge in [0.05, 0.1) is 12.3 Å². The van der Waals surface area contributed by atoms with E-state index in [1.807, 2.05) is 51.1 Å². The van der Waals surface area contributed by atoms with Crippen molar-refractivity contribution in [3.05, 3.63) is 47.5 Å². The van der Waals surface area contributed by atoms with Crippen LogP contribution in [-0.4, -0.2) is 65.3 Å². The molecule has 0 unspecified atom stereocenters. The van der Waals surface area contributed by atoms with Crippen molar-refractivity contribution < 1.29 is 47.7 Å². The molecule has 1 aromatic carbocycles. The molecule has 1 aliphatic heterocycles. The molecule has 0 amide bonds. The van der Waals surface area contributed by atoms with Crippen molar-refractivity contribution in [2.24, 2.45) is 29.1 Å². The molecule has 44 heavy (non-hydrogen) atoms. The second-order valence-electron chi connectivity index (χ2n) is 13.6. The van der Waals surface area contributed by atoms with Gasteiger partial charge in [0, 0.05) is 32.6 Å². The van der Waals surface area contributed by atoms with Crippen LogP contribution in [0.2, 0.25) is 0 Å². The van der Waals surface area contributed by atoms with E-state index in [-0.39, 0.29) is 30.5 Å². The van der Waals surface area contributed by atoms with Crippen LogP contribution in [0.1, 0.15) is 67.4 Å². The van der Waals surface area contributed by atoms with Gasteiger partial charge in [0.25, 0.3) is 0 Å². The van der Waals surface area contributed by atoms with Crippen molar-refractivity contribution in [3.8, 4) is 0 Å². The van der Waals surface area contributed by atoms with Crippen molar-refractivity contribution in [1.29, 1.82) is 0 Å². The first-order valence-electron chi connectivity index (χ1n) is 15.2. The number of Topliss-reactive ketones (excluding diaryl/α,β-unsaturated/α-hetero) is 1. The van der Waals surface area contributed by atoms with Crippen LogP contribution in [0.15, 0.2) is 42.0 Å². The Labute approximate surface area is 257 Å². The number of ether oxygens (including phenoxy) is 5. The standard InChI is InChI=1S/C34H42O10/c1-17-15-34-31(43-24(38)14-23-12-10-9-11-13-23)18(2)16-33(34,44-34)30(39)19(3)28(41-21(5)36)25-26(32(25,7)8)29(42-22(6)37)27(17)40-20(4)35/h9-13,15,18-19,25-29,31H,14,16H2,1-8H3/b17-15+/t18-,19+,25-,26+,27+,28-,29-,31-,33-,34-/m0/s1. The average Bonchev–Trinajstić information content (AvgIpc) is 3.72. The maximum Gasteiger partial charge on any atom is 0.310 e. The number of hydrogen-bond acceptors (Lipinski definition) is 10. The van der Waals surface area contributed by atoms with E-state index in [4.69, 9.17) is 23.7 Å². The Bertz CT molecular complexity index is 1400. The lowest BCUT2D eigenvalue weighted by molar-refractivity contribution is -0.166. The fourth-order valence-corrected chi connectivity index (χ4v) is 8.16. The van der Waals surface area contributed by atoms with Crippen LogP contribution in [0, 0.1) is 29.1 Å². The Morgan fingerprint density at radius 3 is 2.02 bits per heavy atom. The van der Waals surface area contributed by atoms with Crippen molar-refractivity contribution in [2.45, 2.75) is 104 Å². The maximum atomic E-state index is 14.5. The van der Waals surface area contributed by atoms with Gasteiger partial charge in [-0.1, -0.05) is 58.0 Å². The third-order valence-electron chi connectivity index (χ3n) is 10.0. The monoisotopic (exact) mass is 610 g/mol. The molecule has 0 aromatic heterocycles. The molecule has 10 atom stereocenters. The highest BCUT2D eigenvalue weighted by Crippen LogP contribution is 2.69. The number of esters is 4. The van der Waals surface area contributed by atoms with E-state index in [0.717, 1.165) is 5.56 Å². The van der Waals surface area contributed by atoms with E-state index < -0.39 is 76.7 Å². The quantitative estimate of drug-likeness (QED) is 0.202. The van der Waals surface area contributed by atoms with Crippen LogP contribution in [0.5, 0.6) is 0 Å². The van der Waals surface area contributed by atoms with Crippen molar-refractivity contribution in [1.82, 2.24) is 0 Å². The Morgan fingerprint density at radius 2 is 1.43 bits per heavy atom. The number of benzene rings is 1. The lowest BCUT2D eigenvalue weighted by Crippen LogP contribution is -2.43. The van der Waals surface area contributed by atoms with Crippen LogP contribution in [0.4, 0.5) is 0 Å². The zero-order valence-electron chi connectivity index (χ0n) is 26.6. The van der Waals surface area contributed by atoms with Gasteiger partial charge in [-0.3, -0.25) is 24.0 Å². The summed E-state index contributed by atoms with van der Waals surface area (Å²) in [5.41, 5.74) is -1.95. The fourth-order valence-electron chi connectivity index (χ4n) is 8.16. The van der Waals surface area contributed by atoms with Crippen molar-refractivity contribution in [2.75, 3.05) is 0 Å². The summed E-state index contributed by atoms with van der Waals surface area (Å²) < 4.78 is 30.1. The van der Waals surface area contributed by atoms with Gasteiger partial charge in [0.1, 0.15) is 18.3 Å². The molecule has 1 aromatic rings. The van der Waals surface area contributed by atoms with Crippen LogP contribution < -0.4 is 0 Å². The zero-order valence-corrected chi connectivity index (χ0v) is 26.6. The first-order valence-corrected chi connectivity index (χ1v) is 15.2. The molecular weight excluding hydrogens is 568 g/mol. The van der Waals surface area contributed by atoms with Crippen LogP contribution in [0.25, 0.3) is 0 Å². The third-order valence-corrected chi connectivity index (χ3v) is 10.0. The SMILES string of the molecule is CC(=O)O[C@@H]1[C@@H]2[C@H]([C@H](OC(C)=O)[C@H](OC(C)=O)/C(C)=C/[C@@]34O[C@@]3(C[C@H](C)[C@@H]4OC(=O)Cc3ccccc3)C(=O)[C@@H]1C)C2(C)C. The lowest BCUT2D eigenvalue weighted by Gasteiger charge is -2.30. The summed E-state index contributed by atoms with van der Waals surface area (Å²) in [5, 5.41) is 0. The molecule has 238 valence electrons. The Balaban J connectivity index is 1.62. The van der Waals surface area contributed by atoms with Gasteiger partial charge < -0.3 is 23.7 Å². The van der Waals surface area contributed by atoms with E-state index >= 15 is 0 Å². The number of epoxide rings is 1. The molecule has 3 aliphatic carbocycles. The van der Waals surface area contributed by atoms with Gasteiger partial charge >= 0.3 is 23.9 Å². The number of carbonyl (C=O) groups is 5. The highest BCUT2D eigenvalue weighted by Gasteiger charge is 2.84. The van der Waals surface area contributed by atoms with Gasteiger partial charge in [-0.25, -0.2) is 0 Å². The second kappa shape index (κ2) is 11.1. The number of carbonyl (C=O) groups excluding carboxylic acids is 5. The minimum absolute atomic E-state index is 0.0394. The first-order chi connectivity index (χ1) is 20.6.